The first-order chi connectivity index (χ1) is 9.22. The number of benzene rings is 1. The van der Waals surface area contributed by atoms with Gasteiger partial charge >= 0.3 is 0 Å². The predicted molar refractivity (Wildman–Crippen MR) is 78.3 cm³/mol. The fourth-order valence-corrected chi connectivity index (χ4v) is 1.53. The third-order valence-electron chi connectivity index (χ3n) is 2.33. The number of rotatable bonds is 3. The fourth-order valence-electron chi connectivity index (χ4n) is 1.53. The SMILES string of the molecule is CC.CCOC=O.CCn1ccc2cc(O)ccc21. The van der Waals surface area contributed by atoms with Crippen LogP contribution in [0.2, 0.25) is 0 Å². The van der Waals surface area contributed by atoms with Crippen LogP contribution in [0.15, 0.2) is 30.5 Å². The molecule has 0 aliphatic heterocycles. The van der Waals surface area contributed by atoms with E-state index in [-0.39, 0.29) is 0 Å². The van der Waals surface area contributed by atoms with Crippen LogP contribution in [0, 0.1) is 0 Å². The highest BCUT2D eigenvalue weighted by molar-refractivity contribution is 5.81. The molecular formula is C15H23NO3. The Bertz CT molecular complexity index is 477. The molecule has 0 unspecified atom stereocenters. The van der Waals surface area contributed by atoms with Gasteiger partial charge in [0.2, 0.25) is 0 Å². The fraction of sp³-hybridized carbons (Fsp3) is 0.400. The second-order valence-electron chi connectivity index (χ2n) is 3.40. The van der Waals surface area contributed by atoms with Crippen LogP contribution in [0.5, 0.6) is 5.75 Å². The van der Waals surface area contributed by atoms with Crippen LogP contribution in [-0.2, 0) is 16.1 Å². The van der Waals surface area contributed by atoms with E-state index in [0.29, 0.717) is 18.8 Å². The number of aromatic nitrogens is 1. The molecule has 0 bridgehead atoms. The number of phenolic OH excluding ortho intramolecular Hbond substituents is 1. The quantitative estimate of drug-likeness (QED) is 0.863. The average Bonchev–Trinajstić information content (AvgIpc) is 2.84. The Morgan fingerprint density at radius 2 is 1.95 bits per heavy atom. The third-order valence-corrected chi connectivity index (χ3v) is 2.33. The third kappa shape index (κ3) is 5.46. The van der Waals surface area contributed by atoms with Crippen LogP contribution < -0.4 is 0 Å². The van der Waals surface area contributed by atoms with Crippen molar-refractivity contribution in [2.75, 3.05) is 6.61 Å². The molecule has 0 radical (unpaired) electrons. The summed E-state index contributed by atoms with van der Waals surface area (Å²) < 4.78 is 6.30. The Morgan fingerprint density at radius 3 is 2.42 bits per heavy atom. The molecule has 2 aromatic rings. The zero-order valence-corrected chi connectivity index (χ0v) is 12.1. The smallest absolute Gasteiger partial charge is 0.293 e. The molecule has 19 heavy (non-hydrogen) atoms. The van der Waals surface area contributed by atoms with Crippen LogP contribution in [0.1, 0.15) is 27.7 Å². The van der Waals surface area contributed by atoms with Gasteiger partial charge in [0.05, 0.1) is 6.61 Å². The summed E-state index contributed by atoms with van der Waals surface area (Å²) in [6, 6.07) is 7.45. The van der Waals surface area contributed by atoms with Crippen molar-refractivity contribution >= 4 is 17.4 Å². The van der Waals surface area contributed by atoms with Crippen molar-refractivity contribution in [2.45, 2.75) is 34.2 Å². The molecule has 0 atom stereocenters. The van der Waals surface area contributed by atoms with Gasteiger partial charge in [0.1, 0.15) is 5.75 Å². The normalized spacial score (nSPS) is 8.84. The van der Waals surface area contributed by atoms with Gasteiger partial charge in [-0.25, -0.2) is 0 Å². The standard InChI is InChI=1S/C10H11NO.C3H6O2.C2H6/c1-2-11-6-5-8-7-9(12)3-4-10(8)11;1-2-5-3-4;1-2/h3-7,12H,2H2,1H3;3H,2H2,1H3;1-2H3. The number of carbonyl (C=O) groups excluding carboxylic acids is 1. The number of aromatic hydroxyl groups is 1. The molecule has 0 spiro atoms. The lowest BCUT2D eigenvalue weighted by atomic mass is 10.2. The van der Waals surface area contributed by atoms with Crippen LogP contribution in [-0.4, -0.2) is 22.8 Å². The lowest BCUT2D eigenvalue weighted by Gasteiger charge is -1.99. The molecule has 106 valence electrons. The van der Waals surface area contributed by atoms with Gasteiger partial charge in [-0.2, -0.15) is 0 Å². The molecule has 0 aliphatic carbocycles. The van der Waals surface area contributed by atoms with Gasteiger partial charge in [0.25, 0.3) is 6.47 Å². The van der Waals surface area contributed by atoms with Gasteiger partial charge in [0, 0.05) is 23.6 Å². The second kappa shape index (κ2) is 10.00. The van der Waals surface area contributed by atoms with Crippen LogP contribution in [0.25, 0.3) is 10.9 Å². The molecule has 0 aliphatic rings. The summed E-state index contributed by atoms with van der Waals surface area (Å²) >= 11 is 0. The van der Waals surface area contributed by atoms with Crippen molar-refractivity contribution in [2.24, 2.45) is 0 Å². The largest absolute Gasteiger partial charge is 0.508 e. The Kier molecular flexibility index (Phi) is 8.96. The number of carbonyl (C=O) groups is 1. The number of nitrogens with zero attached hydrogens (tertiary/aromatic N) is 1. The van der Waals surface area contributed by atoms with Crippen molar-refractivity contribution in [3.8, 4) is 5.75 Å². The summed E-state index contributed by atoms with van der Waals surface area (Å²) in [5, 5.41) is 10.3. The highest BCUT2D eigenvalue weighted by Crippen LogP contribution is 2.20. The lowest BCUT2D eigenvalue weighted by Crippen LogP contribution is -1.89. The summed E-state index contributed by atoms with van der Waals surface area (Å²) in [5.41, 5.74) is 1.18. The van der Waals surface area contributed by atoms with E-state index in [1.807, 2.05) is 32.2 Å². The molecule has 0 fully saturated rings. The maximum Gasteiger partial charge on any atom is 0.293 e. The van der Waals surface area contributed by atoms with Gasteiger partial charge in [0.15, 0.2) is 0 Å². The van der Waals surface area contributed by atoms with Crippen LogP contribution >= 0.6 is 0 Å². The Labute approximate surface area is 114 Å². The maximum atomic E-state index is 9.20. The Morgan fingerprint density at radius 1 is 1.26 bits per heavy atom. The highest BCUT2D eigenvalue weighted by Gasteiger charge is 1.98. The van der Waals surface area contributed by atoms with E-state index in [9.17, 15) is 9.90 Å². The first-order valence-corrected chi connectivity index (χ1v) is 6.56. The first-order valence-electron chi connectivity index (χ1n) is 6.56. The number of fused-ring (bicyclic) bond motifs is 1. The minimum absolute atomic E-state index is 0.330. The molecular weight excluding hydrogens is 242 g/mol. The summed E-state index contributed by atoms with van der Waals surface area (Å²) in [6.07, 6.45) is 2.03. The Hall–Kier alpha value is -1.97. The van der Waals surface area contributed by atoms with Gasteiger partial charge in [-0.05, 0) is 38.1 Å². The van der Waals surface area contributed by atoms with Gasteiger partial charge in [-0.15, -0.1) is 0 Å². The zero-order chi connectivity index (χ0) is 14.7. The van der Waals surface area contributed by atoms with Gasteiger partial charge in [-0.1, -0.05) is 13.8 Å². The number of ether oxygens (including phenoxy) is 1. The van der Waals surface area contributed by atoms with E-state index < -0.39 is 0 Å². The van der Waals surface area contributed by atoms with E-state index in [2.05, 4.69) is 16.2 Å². The molecule has 1 aromatic heterocycles. The molecule has 4 heteroatoms. The lowest BCUT2D eigenvalue weighted by molar-refractivity contribution is -0.128. The summed E-state index contributed by atoms with van der Waals surface area (Å²) in [4.78, 5) is 9.18. The van der Waals surface area contributed by atoms with Crippen molar-refractivity contribution in [3.05, 3.63) is 30.5 Å². The summed E-state index contributed by atoms with van der Waals surface area (Å²) in [5.74, 6) is 0.330. The van der Waals surface area contributed by atoms with Gasteiger partial charge in [-0.3, -0.25) is 4.79 Å². The predicted octanol–water partition coefficient (Wildman–Crippen LogP) is 3.57. The van der Waals surface area contributed by atoms with E-state index in [1.165, 1.54) is 5.52 Å². The van der Waals surface area contributed by atoms with Crippen molar-refractivity contribution < 1.29 is 14.6 Å². The molecule has 1 N–H and O–H groups in total. The topological polar surface area (TPSA) is 51.5 Å². The van der Waals surface area contributed by atoms with Crippen LogP contribution in [0.4, 0.5) is 0 Å². The molecule has 0 amide bonds. The summed E-state index contributed by atoms with van der Waals surface area (Å²) in [6.45, 7) is 9.73. The number of hydrogen-bond acceptors (Lipinski definition) is 3. The second-order valence-corrected chi connectivity index (χ2v) is 3.40. The Balaban J connectivity index is 0.000000396. The van der Waals surface area contributed by atoms with E-state index in [1.54, 1.807) is 19.1 Å². The number of hydrogen-bond donors (Lipinski definition) is 1. The average molecular weight is 265 g/mol. The number of aryl methyl sites for hydroxylation is 1. The van der Waals surface area contributed by atoms with Crippen LogP contribution in [0.3, 0.4) is 0 Å². The monoisotopic (exact) mass is 265 g/mol. The van der Waals surface area contributed by atoms with Crippen molar-refractivity contribution in [3.63, 3.8) is 0 Å². The first kappa shape index (κ1) is 17.0. The minimum atomic E-state index is 0.330. The van der Waals surface area contributed by atoms with Gasteiger partial charge < -0.3 is 14.4 Å². The molecule has 2 rings (SSSR count). The zero-order valence-electron chi connectivity index (χ0n) is 12.1. The molecule has 0 saturated carbocycles. The highest BCUT2D eigenvalue weighted by atomic mass is 16.5. The van der Waals surface area contributed by atoms with E-state index in [0.717, 1.165) is 11.9 Å². The van der Waals surface area contributed by atoms with E-state index in [4.69, 9.17) is 0 Å². The molecule has 0 saturated heterocycles. The maximum absolute atomic E-state index is 9.20. The van der Waals surface area contributed by atoms with E-state index >= 15 is 0 Å². The molecule has 4 nitrogen and oxygen atoms in total. The van der Waals surface area contributed by atoms with Crippen molar-refractivity contribution in [1.82, 2.24) is 4.57 Å². The number of phenols is 1. The minimum Gasteiger partial charge on any atom is -0.508 e. The molecule has 1 heterocycles. The molecule has 1 aromatic carbocycles. The van der Waals surface area contributed by atoms with Crippen molar-refractivity contribution in [1.29, 1.82) is 0 Å². The summed E-state index contributed by atoms with van der Waals surface area (Å²) in [7, 11) is 0.